The Balaban J connectivity index is 2.05. The maximum absolute atomic E-state index is 5.98. The van der Waals surface area contributed by atoms with Gasteiger partial charge in [0.05, 0.1) is 6.10 Å². The molecule has 0 N–H and O–H groups in total. The number of hydrogen-bond acceptors (Lipinski definition) is 1. The number of fused-ring (bicyclic) bond motifs is 1. The molecular formula is C18H24OS. The average Bonchev–Trinajstić information content (AvgIpc) is 2.48. The zero-order chi connectivity index (χ0) is 13.9. The molecule has 2 aromatic carbocycles. The Labute approximate surface area is 124 Å². The highest BCUT2D eigenvalue weighted by atomic mass is 32.2. The fourth-order valence-electron chi connectivity index (χ4n) is 3.02. The van der Waals surface area contributed by atoms with Crippen LogP contribution >= 0.6 is 10.9 Å². The van der Waals surface area contributed by atoms with Crippen LogP contribution < -0.4 is 4.74 Å². The Hall–Kier alpha value is -1.15. The first-order chi connectivity index (χ1) is 9.75. The van der Waals surface area contributed by atoms with Crippen molar-refractivity contribution in [3.8, 4) is 5.75 Å². The highest BCUT2D eigenvalue weighted by Crippen LogP contribution is 2.46. The lowest BCUT2D eigenvalue weighted by Crippen LogP contribution is -2.07. The van der Waals surface area contributed by atoms with Crippen molar-refractivity contribution in [2.75, 3.05) is 11.5 Å². The molecule has 1 heterocycles. The Bertz CT molecular complexity index is 585. The van der Waals surface area contributed by atoms with E-state index >= 15 is 0 Å². The minimum atomic E-state index is 0.0451. The Morgan fingerprint density at radius 2 is 1.60 bits per heavy atom. The van der Waals surface area contributed by atoms with Crippen molar-refractivity contribution in [3.05, 3.63) is 36.4 Å². The van der Waals surface area contributed by atoms with Gasteiger partial charge in [-0.25, -0.2) is 10.9 Å². The first-order valence-corrected chi connectivity index (χ1v) is 9.40. The normalized spacial score (nSPS) is 17.6. The summed E-state index contributed by atoms with van der Waals surface area (Å²) in [5.41, 5.74) is 0. The van der Waals surface area contributed by atoms with Crippen LogP contribution in [0.5, 0.6) is 5.75 Å². The van der Waals surface area contributed by atoms with Gasteiger partial charge in [0.25, 0.3) is 0 Å². The van der Waals surface area contributed by atoms with Gasteiger partial charge in [0.2, 0.25) is 0 Å². The van der Waals surface area contributed by atoms with E-state index in [1.807, 2.05) is 0 Å². The molecule has 2 heteroatoms. The van der Waals surface area contributed by atoms with Crippen molar-refractivity contribution >= 4 is 21.7 Å². The van der Waals surface area contributed by atoms with E-state index in [-0.39, 0.29) is 17.0 Å². The number of rotatable bonds is 3. The Morgan fingerprint density at radius 1 is 0.900 bits per heavy atom. The highest BCUT2D eigenvalue weighted by molar-refractivity contribution is 8.17. The molecule has 0 unspecified atom stereocenters. The van der Waals surface area contributed by atoms with Gasteiger partial charge in [-0.15, -0.1) is 0 Å². The van der Waals surface area contributed by atoms with Crippen LogP contribution in [0.2, 0.25) is 0 Å². The molecule has 1 aliphatic rings. The molecule has 1 saturated heterocycles. The maximum atomic E-state index is 5.98. The summed E-state index contributed by atoms with van der Waals surface area (Å²) in [6, 6.07) is 13.3. The molecule has 0 aromatic heterocycles. The van der Waals surface area contributed by atoms with E-state index in [4.69, 9.17) is 4.74 Å². The molecule has 20 heavy (non-hydrogen) atoms. The SMILES string of the molecule is CC(C)Oc1ccc([SH]2CCCCC2)c2ccccc12. The molecular weight excluding hydrogens is 264 g/mol. The Morgan fingerprint density at radius 3 is 2.30 bits per heavy atom. The second-order valence-electron chi connectivity index (χ2n) is 5.84. The standard InChI is InChI=1S/C18H24OS/c1-14(2)19-17-10-11-18(20-12-6-3-7-13-20)16-9-5-4-8-15(16)17/h4-5,8-11,14,20H,3,6-7,12-13H2,1-2H3. The molecule has 1 nitrogen and oxygen atoms in total. The first-order valence-electron chi connectivity index (χ1n) is 7.69. The van der Waals surface area contributed by atoms with Gasteiger partial charge in [-0.1, -0.05) is 30.7 Å². The van der Waals surface area contributed by atoms with E-state index in [2.05, 4.69) is 50.2 Å². The topological polar surface area (TPSA) is 9.23 Å². The lowest BCUT2D eigenvalue weighted by atomic mass is 10.1. The second-order valence-corrected chi connectivity index (χ2v) is 8.30. The number of benzene rings is 2. The molecule has 0 radical (unpaired) electrons. The van der Waals surface area contributed by atoms with Gasteiger partial charge in [-0.2, -0.15) is 0 Å². The van der Waals surface area contributed by atoms with E-state index in [9.17, 15) is 0 Å². The van der Waals surface area contributed by atoms with Gasteiger partial charge < -0.3 is 4.74 Å². The molecule has 0 saturated carbocycles. The molecule has 0 bridgehead atoms. The minimum absolute atomic E-state index is 0.0451. The van der Waals surface area contributed by atoms with Gasteiger partial charge >= 0.3 is 0 Å². The van der Waals surface area contributed by atoms with Crippen LogP contribution in [0.4, 0.5) is 0 Å². The summed E-state index contributed by atoms with van der Waals surface area (Å²) in [5.74, 6) is 3.85. The summed E-state index contributed by atoms with van der Waals surface area (Å²) in [4.78, 5) is 1.59. The molecule has 0 aliphatic carbocycles. The van der Waals surface area contributed by atoms with Gasteiger partial charge in [0.1, 0.15) is 5.75 Å². The molecule has 1 aliphatic heterocycles. The third kappa shape index (κ3) is 2.80. The third-order valence-electron chi connectivity index (χ3n) is 3.92. The van der Waals surface area contributed by atoms with E-state index in [1.54, 1.807) is 4.90 Å². The lowest BCUT2D eigenvalue weighted by molar-refractivity contribution is 0.245. The molecule has 0 amide bonds. The van der Waals surface area contributed by atoms with Gasteiger partial charge in [-0.3, -0.25) is 0 Å². The van der Waals surface area contributed by atoms with E-state index < -0.39 is 0 Å². The summed E-state index contributed by atoms with van der Waals surface area (Å²) in [6.07, 6.45) is 4.46. The predicted octanol–water partition coefficient (Wildman–Crippen LogP) is 5.17. The van der Waals surface area contributed by atoms with E-state index in [0.717, 1.165) is 5.75 Å². The van der Waals surface area contributed by atoms with Crippen LogP contribution in [0, 0.1) is 0 Å². The van der Waals surface area contributed by atoms with Gasteiger partial charge in [0.15, 0.2) is 0 Å². The first kappa shape index (κ1) is 13.8. The highest BCUT2D eigenvalue weighted by Gasteiger charge is 2.16. The summed E-state index contributed by atoms with van der Waals surface area (Å²) in [6.45, 7) is 4.18. The van der Waals surface area contributed by atoms with E-state index in [0.29, 0.717) is 0 Å². The van der Waals surface area contributed by atoms with Crippen molar-refractivity contribution in [1.82, 2.24) is 0 Å². The molecule has 0 atom stereocenters. The van der Waals surface area contributed by atoms with Gasteiger partial charge in [0, 0.05) is 5.39 Å². The average molecular weight is 288 g/mol. The monoisotopic (exact) mass is 288 g/mol. The minimum Gasteiger partial charge on any atom is -0.490 e. The summed E-state index contributed by atoms with van der Waals surface area (Å²) < 4.78 is 5.98. The smallest absolute Gasteiger partial charge is 0.127 e. The van der Waals surface area contributed by atoms with Crippen molar-refractivity contribution in [2.24, 2.45) is 0 Å². The third-order valence-corrected chi connectivity index (χ3v) is 6.70. The predicted molar refractivity (Wildman–Crippen MR) is 90.5 cm³/mol. The number of hydrogen-bond donors (Lipinski definition) is 1. The fourth-order valence-corrected chi connectivity index (χ4v) is 5.76. The zero-order valence-corrected chi connectivity index (χ0v) is 13.3. The fraction of sp³-hybridized carbons (Fsp3) is 0.444. The number of ether oxygens (including phenoxy) is 1. The van der Waals surface area contributed by atoms with Crippen LogP contribution in [0.25, 0.3) is 10.8 Å². The van der Waals surface area contributed by atoms with Crippen LogP contribution in [0.3, 0.4) is 0 Å². The Kier molecular flexibility index (Phi) is 4.21. The van der Waals surface area contributed by atoms with Crippen LogP contribution in [0.15, 0.2) is 41.3 Å². The molecule has 2 aromatic rings. The molecule has 3 rings (SSSR count). The zero-order valence-electron chi connectivity index (χ0n) is 12.4. The largest absolute Gasteiger partial charge is 0.490 e. The van der Waals surface area contributed by atoms with Gasteiger partial charge in [-0.05, 0) is 60.6 Å². The van der Waals surface area contributed by atoms with Crippen LogP contribution in [0.1, 0.15) is 33.1 Å². The van der Waals surface area contributed by atoms with Crippen molar-refractivity contribution in [2.45, 2.75) is 44.1 Å². The van der Waals surface area contributed by atoms with Crippen molar-refractivity contribution in [1.29, 1.82) is 0 Å². The summed E-state index contributed by atoms with van der Waals surface area (Å²) in [5, 5.41) is 2.70. The molecule has 1 fully saturated rings. The van der Waals surface area contributed by atoms with Crippen molar-refractivity contribution < 1.29 is 4.74 Å². The lowest BCUT2D eigenvalue weighted by Gasteiger charge is -2.28. The van der Waals surface area contributed by atoms with Crippen LogP contribution in [-0.2, 0) is 0 Å². The second kappa shape index (κ2) is 6.09. The summed E-state index contributed by atoms with van der Waals surface area (Å²) in [7, 11) is 0.0451. The molecule has 0 spiro atoms. The quantitative estimate of drug-likeness (QED) is 0.766. The summed E-state index contributed by atoms with van der Waals surface area (Å²) >= 11 is 0. The van der Waals surface area contributed by atoms with E-state index in [1.165, 1.54) is 41.5 Å². The maximum Gasteiger partial charge on any atom is 0.127 e. The van der Waals surface area contributed by atoms with Crippen LogP contribution in [-0.4, -0.2) is 17.6 Å². The van der Waals surface area contributed by atoms with Crippen molar-refractivity contribution in [3.63, 3.8) is 0 Å². The number of thiol groups is 1. The molecule has 108 valence electrons.